The van der Waals surface area contributed by atoms with Crippen LogP contribution >= 0.6 is 0 Å². The fourth-order valence-electron chi connectivity index (χ4n) is 4.73. The van der Waals surface area contributed by atoms with Crippen molar-refractivity contribution in [3.63, 3.8) is 0 Å². The van der Waals surface area contributed by atoms with Crippen molar-refractivity contribution in [1.82, 2.24) is 5.32 Å². The highest BCUT2D eigenvalue weighted by molar-refractivity contribution is 5.79. The number of carbonyl (C=O) groups excluding carboxylic acids is 1. The number of carbonyl (C=O) groups is 1. The van der Waals surface area contributed by atoms with Crippen molar-refractivity contribution in [2.24, 2.45) is 39.3 Å². The number of nitrogens with zero attached hydrogens (tertiary/aromatic N) is 6. The number of hydrogen-bond acceptors (Lipinski definition) is 7. The lowest BCUT2D eigenvalue weighted by Gasteiger charge is -2.30. The Balaban J connectivity index is 3.02. The van der Waals surface area contributed by atoms with Crippen molar-refractivity contribution in [3.05, 3.63) is 44.6 Å². The molecule has 0 bridgehead atoms. The number of benzene rings is 1. The van der Waals surface area contributed by atoms with Gasteiger partial charge in [0.25, 0.3) is 0 Å². The maximum atomic E-state index is 13.1. The van der Waals surface area contributed by atoms with Crippen LogP contribution in [0.1, 0.15) is 66.4 Å². The third kappa shape index (κ3) is 13.2. The second-order valence-corrected chi connectivity index (χ2v) is 12.3. The highest BCUT2D eigenvalue weighted by Gasteiger charge is 2.32. The number of azide groups is 2. The predicted octanol–water partition coefficient (Wildman–Crippen LogP) is 6.47. The van der Waals surface area contributed by atoms with Crippen LogP contribution in [0.25, 0.3) is 20.9 Å². The van der Waals surface area contributed by atoms with Crippen LogP contribution in [0.5, 0.6) is 11.5 Å². The van der Waals surface area contributed by atoms with Crippen LogP contribution in [0.15, 0.2) is 28.4 Å². The van der Waals surface area contributed by atoms with E-state index in [0.29, 0.717) is 44.1 Å². The third-order valence-corrected chi connectivity index (χ3v) is 7.55. The first-order chi connectivity index (χ1) is 19.9. The van der Waals surface area contributed by atoms with Gasteiger partial charge in [-0.2, -0.15) is 0 Å². The molecule has 4 atom stereocenters. The van der Waals surface area contributed by atoms with E-state index in [1.807, 2.05) is 45.9 Å². The summed E-state index contributed by atoms with van der Waals surface area (Å²) in [7, 11) is 3.26. The van der Waals surface area contributed by atoms with Crippen molar-refractivity contribution in [1.29, 1.82) is 0 Å². The summed E-state index contributed by atoms with van der Waals surface area (Å²) in [6, 6.07) is 5.17. The van der Waals surface area contributed by atoms with Gasteiger partial charge in [-0.25, -0.2) is 0 Å². The lowest BCUT2D eigenvalue weighted by molar-refractivity contribution is -0.128. The second kappa shape index (κ2) is 19.1. The largest absolute Gasteiger partial charge is 0.493 e. The van der Waals surface area contributed by atoms with Gasteiger partial charge in [-0.3, -0.25) is 4.79 Å². The average Bonchev–Trinajstić information content (AvgIpc) is 2.94. The molecule has 236 valence electrons. The quantitative estimate of drug-likeness (QED) is 0.0722. The number of aliphatic hydroxyl groups is 1. The van der Waals surface area contributed by atoms with E-state index in [4.69, 9.17) is 19.7 Å². The summed E-state index contributed by atoms with van der Waals surface area (Å²) in [5.74, 6) is 0.932. The smallest absolute Gasteiger partial charge is 0.223 e. The standard InChI is InChI=1S/C30H51N7O5/c1-20(2)23(14-22-10-11-27(41-8)28(15-22)42-13-9-12-40-7)16-25(35-37-32)26(38)17-24(21(3)4)29(39)33-18-30(5,6)19-34-36-31/h10-11,15,20-21,23-26,38H,9,12-14,16-19H2,1-8H3,(H,33,39)/t23-,24-,25-,26-/m0/s1. The number of amides is 1. The highest BCUT2D eigenvalue weighted by Crippen LogP contribution is 2.32. The molecular weight excluding hydrogens is 538 g/mol. The molecule has 1 amide bonds. The summed E-state index contributed by atoms with van der Waals surface area (Å²) < 4.78 is 16.5. The van der Waals surface area contributed by atoms with Gasteiger partial charge in [0.2, 0.25) is 5.91 Å². The zero-order chi connectivity index (χ0) is 31.7. The minimum atomic E-state index is -0.993. The molecule has 0 unspecified atom stereocenters. The van der Waals surface area contributed by atoms with E-state index in [9.17, 15) is 15.4 Å². The molecular formula is C30H51N7O5. The van der Waals surface area contributed by atoms with Gasteiger partial charge in [-0.05, 0) is 71.2 Å². The first-order valence-electron chi connectivity index (χ1n) is 14.7. The maximum absolute atomic E-state index is 13.1. The van der Waals surface area contributed by atoms with Crippen LogP contribution in [-0.4, -0.2) is 63.7 Å². The molecule has 12 heteroatoms. The molecule has 0 aromatic heterocycles. The zero-order valence-corrected chi connectivity index (χ0v) is 26.6. The Hall–Kier alpha value is -3.17. The molecule has 1 aromatic carbocycles. The average molecular weight is 590 g/mol. The summed E-state index contributed by atoms with van der Waals surface area (Å²) in [5.41, 5.74) is 18.6. The Morgan fingerprint density at radius 3 is 2.33 bits per heavy atom. The minimum Gasteiger partial charge on any atom is -0.493 e. The van der Waals surface area contributed by atoms with Gasteiger partial charge in [-0.1, -0.05) is 57.8 Å². The summed E-state index contributed by atoms with van der Waals surface area (Å²) in [4.78, 5) is 19.0. The fraction of sp³-hybridized carbons (Fsp3) is 0.767. The highest BCUT2D eigenvalue weighted by atomic mass is 16.5. The Labute approximate surface area is 250 Å². The van der Waals surface area contributed by atoms with Gasteiger partial charge in [0.15, 0.2) is 11.5 Å². The van der Waals surface area contributed by atoms with E-state index in [-0.39, 0.29) is 36.6 Å². The van der Waals surface area contributed by atoms with Crippen molar-refractivity contribution in [2.75, 3.05) is 40.5 Å². The Morgan fingerprint density at radius 1 is 1.05 bits per heavy atom. The van der Waals surface area contributed by atoms with E-state index in [0.717, 1.165) is 12.0 Å². The maximum Gasteiger partial charge on any atom is 0.223 e. The fourth-order valence-corrected chi connectivity index (χ4v) is 4.73. The Morgan fingerprint density at radius 2 is 1.76 bits per heavy atom. The molecule has 0 fully saturated rings. The van der Waals surface area contributed by atoms with Gasteiger partial charge >= 0.3 is 0 Å². The zero-order valence-electron chi connectivity index (χ0n) is 26.6. The summed E-state index contributed by atoms with van der Waals surface area (Å²) in [6.07, 6.45) is 1.08. The molecule has 1 aromatic rings. The number of methoxy groups -OCH3 is 2. The van der Waals surface area contributed by atoms with Crippen molar-refractivity contribution in [3.8, 4) is 11.5 Å². The van der Waals surface area contributed by atoms with E-state index >= 15 is 0 Å². The monoisotopic (exact) mass is 589 g/mol. The minimum absolute atomic E-state index is 0.0471. The van der Waals surface area contributed by atoms with E-state index in [1.54, 1.807) is 14.2 Å². The van der Waals surface area contributed by atoms with Crippen molar-refractivity contribution >= 4 is 5.91 Å². The molecule has 0 heterocycles. The van der Waals surface area contributed by atoms with Crippen LogP contribution in [0.2, 0.25) is 0 Å². The van der Waals surface area contributed by atoms with E-state index in [2.05, 4.69) is 39.2 Å². The van der Waals surface area contributed by atoms with Crippen LogP contribution in [0, 0.1) is 29.1 Å². The third-order valence-electron chi connectivity index (χ3n) is 7.55. The summed E-state index contributed by atoms with van der Waals surface area (Å²) >= 11 is 0. The first-order valence-corrected chi connectivity index (χ1v) is 14.7. The number of aliphatic hydroxyl groups excluding tert-OH is 1. The van der Waals surface area contributed by atoms with Crippen molar-refractivity contribution in [2.45, 2.75) is 79.4 Å². The molecule has 42 heavy (non-hydrogen) atoms. The number of ether oxygens (including phenoxy) is 3. The summed E-state index contributed by atoms with van der Waals surface area (Å²) in [6.45, 7) is 13.6. The molecule has 2 N–H and O–H groups in total. The molecule has 0 spiro atoms. The Bertz CT molecular complexity index is 1050. The van der Waals surface area contributed by atoms with Gasteiger partial charge in [0.1, 0.15) is 0 Å². The number of rotatable bonds is 21. The molecule has 1 rings (SSSR count). The molecule has 0 aliphatic heterocycles. The van der Waals surface area contributed by atoms with Crippen LogP contribution in [-0.2, 0) is 16.0 Å². The normalized spacial score (nSPS) is 14.4. The molecule has 0 saturated carbocycles. The topological polar surface area (TPSA) is 175 Å². The number of hydrogen-bond donors (Lipinski definition) is 2. The first kappa shape index (κ1) is 36.9. The van der Waals surface area contributed by atoms with Gasteiger partial charge in [-0.15, -0.1) is 0 Å². The lowest BCUT2D eigenvalue weighted by Crippen LogP contribution is -2.42. The SMILES string of the molecule is COCCCOc1cc(C[C@@H](C[C@H](N=[N+]=[N-])[C@@H](O)C[C@H](C(=O)NCC(C)(C)CN=[N+]=[N-])C(C)C)C(C)C)ccc1OC. The van der Waals surface area contributed by atoms with Crippen molar-refractivity contribution < 1.29 is 24.1 Å². The Kier molecular flexibility index (Phi) is 16.8. The molecule has 0 saturated heterocycles. The van der Waals surface area contributed by atoms with Gasteiger partial charge < -0.3 is 24.6 Å². The van der Waals surface area contributed by atoms with Crippen LogP contribution in [0.4, 0.5) is 0 Å². The lowest BCUT2D eigenvalue weighted by atomic mass is 9.80. The van der Waals surface area contributed by atoms with Crippen LogP contribution < -0.4 is 14.8 Å². The van der Waals surface area contributed by atoms with E-state index < -0.39 is 23.5 Å². The number of nitrogens with one attached hydrogen (secondary N) is 1. The molecule has 0 aliphatic rings. The molecule has 12 nitrogen and oxygen atoms in total. The second-order valence-electron chi connectivity index (χ2n) is 12.3. The molecule has 0 radical (unpaired) electrons. The van der Waals surface area contributed by atoms with Crippen LogP contribution in [0.3, 0.4) is 0 Å². The molecule has 0 aliphatic carbocycles. The van der Waals surface area contributed by atoms with Gasteiger partial charge in [0, 0.05) is 49.0 Å². The van der Waals surface area contributed by atoms with E-state index in [1.165, 1.54) is 0 Å². The predicted molar refractivity (Wildman–Crippen MR) is 164 cm³/mol. The van der Waals surface area contributed by atoms with Gasteiger partial charge in [0.05, 0.1) is 25.9 Å². The summed E-state index contributed by atoms with van der Waals surface area (Å²) in [5, 5.41) is 21.8.